The molecule has 0 radical (unpaired) electrons. The van der Waals surface area contributed by atoms with Crippen molar-refractivity contribution in [3.05, 3.63) is 74.4 Å². The maximum atomic E-state index is 13.3. The van der Waals surface area contributed by atoms with Gasteiger partial charge in [-0.05, 0) is 37.1 Å². The third-order valence-electron chi connectivity index (χ3n) is 6.20. The maximum Gasteiger partial charge on any atom is 0.293 e. The molecule has 1 fully saturated rings. The minimum atomic E-state index is -0.395. The predicted octanol–water partition coefficient (Wildman–Crippen LogP) is 4.44. The molecule has 0 saturated carbocycles. The predicted molar refractivity (Wildman–Crippen MR) is 122 cm³/mol. The highest BCUT2D eigenvalue weighted by atomic mass is 35.5. The standard InChI is InChI=1S/C23H22ClN5O3/c24-17-6-3-15(4-7-17)22-18-14-28(12-9-19(18)25-26-22)23(30)16-5-8-20(21(13-16)29(31)32)27-10-1-2-11-27/h3-8,13H,1-2,9-12,14H2,(H,25,26). The molecule has 0 atom stereocenters. The van der Waals surface area contributed by atoms with Crippen molar-refractivity contribution in [1.29, 1.82) is 0 Å². The van der Waals surface area contributed by atoms with Crippen LogP contribution >= 0.6 is 11.6 Å². The maximum absolute atomic E-state index is 13.3. The van der Waals surface area contributed by atoms with E-state index in [1.807, 2.05) is 29.2 Å². The number of hydrogen-bond acceptors (Lipinski definition) is 5. The van der Waals surface area contributed by atoms with Gasteiger partial charge in [0.15, 0.2) is 0 Å². The van der Waals surface area contributed by atoms with Crippen molar-refractivity contribution >= 4 is 28.9 Å². The van der Waals surface area contributed by atoms with E-state index >= 15 is 0 Å². The number of carbonyl (C=O) groups is 1. The van der Waals surface area contributed by atoms with Crippen LogP contribution in [0.2, 0.25) is 5.02 Å². The third-order valence-corrected chi connectivity index (χ3v) is 6.46. The van der Waals surface area contributed by atoms with Gasteiger partial charge in [-0.1, -0.05) is 23.7 Å². The topological polar surface area (TPSA) is 95.4 Å². The minimum absolute atomic E-state index is 0.0133. The SMILES string of the molecule is O=C(c1ccc(N2CCCC2)c([N+](=O)[O-])c1)N1CCc2[nH]nc(-c3ccc(Cl)cc3)c2C1. The fourth-order valence-corrected chi connectivity index (χ4v) is 4.65. The van der Waals surface area contributed by atoms with Gasteiger partial charge >= 0.3 is 0 Å². The van der Waals surface area contributed by atoms with Crippen molar-refractivity contribution < 1.29 is 9.72 Å². The number of hydrogen-bond donors (Lipinski definition) is 1. The molecule has 2 aliphatic rings. The number of nitrogens with one attached hydrogen (secondary N) is 1. The van der Waals surface area contributed by atoms with Gasteiger partial charge in [-0.3, -0.25) is 20.0 Å². The minimum Gasteiger partial charge on any atom is -0.366 e. The highest BCUT2D eigenvalue weighted by Crippen LogP contribution is 2.33. The first-order chi connectivity index (χ1) is 15.5. The summed E-state index contributed by atoms with van der Waals surface area (Å²) in [4.78, 5) is 28.3. The summed E-state index contributed by atoms with van der Waals surface area (Å²) in [5.41, 5.74) is 4.60. The normalized spacial score (nSPS) is 15.7. The fourth-order valence-electron chi connectivity index (χ4n) is 4.53. The van der Waals surface area contributed by atoms with Crippen LogP contribution in [-0.2, 0) is 13.0 Å². The zero-order valence-electron chi connectivity index (χ0n) is 17.4. The van der Waals surface area contributed by atoms with Gasteiger partial charge in [0.05, 0.1) is 10.6 Å². The van der Waals surface area contributed by atoms with Crippen LogP contribution in [0.5, 0.6) is 0 Å². The zero-order chi connectivity index (χ0) is 22.2. The van der Waals surface area contributed by atoms with Crippen LogP contribution in [0.3, 0.4) is 0 Å². The summed E-state index contributed by atoms with van der Waals surface area (Å²) >= 11 is 6.00. The van der Waals surface area contributed by atoms with Crippen molar-refractivity contribution in [3.8, 4) is 11.3 Å². The van der Waals surface area contributed by atoms with Gasteiger partial charge in [-0.2, -0.15) is 5.10 Å². The lowest BCUT2D eigenvalue weighted by atomic mass is 10.00. The number of halogens is 1. The molecule has 32 heavy (non-hydrogen) atoms. The lowest BCUT2D eigenvalue weighted by Crippen LogP contribution is -2.36. The average molecular weight is 452 g/mol. The molecule has 5 rings (SSSR count). The Balaban J connectivity index is 1.42. The molecule has 1 N–H and O–H groups in total. The van der Waals surface area contributed by atoms with E-state index in [4.69, 9.17) is 11.6 Å². The molecule has 3 aromatic rings. The number of aromatic amines is 1. The van der Waals surface area contributed by atoms with Crippen molar-refractivity contribution in [3.63, 3.8) is 0 Å². The van der Waals surface area contributed by atoms with E-state index in [1.165, 1.54) is 6.07 Å². The van der Waals surface area contributed by atoms with Gasteiger partial charge in [0.2, 0.25) is 0 Å². The molecule has 0 aliphatic carbocycles. The molecule has 0 bridgehead atoms. The van der Waals surface area contributed by atoms with Gasteiger partial charge < -0.3 is 9.80 Å². The molecule has 0 unspecified atom stereocenters. The number of fused-ring (bicyclic) bond motifs is 1. The first-order valence-corrected chi connectivity index (χ1v) is 11.0. The average Bonchev–Trinajstić information content (AvgIpc) is 3.48. The number of rotatable bonds is 4. The number of nitrogens with zero attached hydrogens (tertiary/aromatic N) is 4. The Bertz CT molecular complexity index is 1180. The third kappa shape index (κ3) is 3.71. The fraction of sp³-hybridized carbons (Fsp3) is 0.304. The summed E-state index contributed by atoms with van der Waals surface area (Å²) in [5.74, 6) is -0.213. The van der Waals surface area contributed by atoms with E-state index < -0.39 is 4.92 Å². The molecule has 0 spiro atoms. The number of carbonyl (C=O) groups excluding carboxylic acids is 1. The van der Waals surface area contributed by atoms with E-state index in [0.29, 0.717) is 35.8 Å². The van der Waals surface area contributed by atoms with Crippen LogP contribution in [0, 0.1) is 10.1 Å². The number of nitro benzene ring substituents is 1. The second-order valence-corrected chi connectivity index (χ2v) is 8.60. The number of anilines is 1. The summed E-state index contributed by atoms with van der Waals surface area (Å²) in [6.45, 7) is 2.52. The molecule has 2 aromatic carbocycles. The van der Waals surface area contributed by atoms with Gasteiger partial charge in [0, 0.05) is 66.1 Å². The molecular formula is C23H22ClN5O3. The van der Waals surface area contributed by atoms with Crippen LogP contribution in [-0.4, -0.2) is 45.6 Å². The smallest absolute Gasteiger partial charge is 0.293 e. The number of aromatic nitrogens is 2. The highest BCUT2D eigenvalue weighted by molar-refractivity contribution is 6.30. The summed E-state index contributed by atoms with van der Waals surface area (Å²) in [5, 5.41) is 19.9. The lowest BCUT2D eigenvalue weighted by molar-refractivity contribution is -0.384. The number of amides is 1. The van der Waals surface area contributed by atoms with Gasteiger partial charge in [0.25, 0.3) is 11.6 Å². The molecule has 8 nitrogen and oxygen atoms in total. The van der Waals surface area contributed by atoms with Gasteiger partial charge in [0.1, 0.15) is 5.69 Å². The summed E-state index contributed by atoms with van der Waals surface area (Å²) in [6.07, 6.45) is 2.69. The Morgan fingerprint density at radius 1 is 1.09 bits per heavy atom. The molecule has 1 aromatic heterocycles. The first-order valence-electron chi connectivity index (χ1n) is 10.7. The summed E-state index contributed by atoms with van der Waals surface area (Å²) < 4.78 is 0. The quantitative estimate of drug-likeness (QED) is 0.467. The largest absolute Gasteiger partial charge is 0.366 e. The molecule has 3 heterocycles. The van der Waals surface area contributed by atoms with Gasteiger partial charge in [-0.15, -0.1) is 0 Å². The van der Waals surface area contributed by atoms with Crippen molar-refractivity contribution in [1.82, 2.24) is 15.1 Å². The molecule has 1 amide bonds. The van der Waals surface area contributed by atoms with Crippen molar-refractivity contribution in [2.75, 3.05) is 24.5 Å². The van der Waals surface area contributed by atoms with Crippen LogP contribution in [0.1, 0.15) is 34.5 Å². The Hall–Kier alpha value is -3.39. The van der Waals surface area contributed by atoms with E-state index in [2.05, 4.69) is 10.2 Å². The van der Waals surface area contributed by atoms with Crippen LogP contribution < -0.4 is 4.90 Å². The van der Waals surface area contributed by atoms with Crippen LogP contribution in [0.25, 0.3) is 11.3 Å². The molecule has 9 heteroatoms. The Kier molecular flexibility index (Phi) is 5.30. The second-order valence-electron chi connectivity index (χ2n) is 8.17. The van der Waals surface area contributed by atoms with E-state index in [1.54, 1.807) is 17.0 Å². The lowest BCUT2D eigenvalue weighted by Gasteiger charge is -2.27. The second kappa shape index (κ2) is 8.27. The van der Waals surface area contributed by atoms with Crippen LogP contribution in [0.4, 0.5) is 11.4 Å². The molecule has 1 saturated heterocycles. The van der Waals surface area contributed by atoms with Crippen molar-refractivity contribution in [2.24, 2.45) is 0 Å². The summed E-state index contributed by atoms with van der Waals surface area (Å²) in [7, 11) is 0. The Morgan fingerprint density at radius 2 is 1.84 bits per heavy atom. The van der Waals surface area contributed by atoms with Crippen LogP contribution in [0.15, 0.2) is 42.5 Å². The van der Waals surface area contributed by atoms with E-state index in [-0.39, 0.29) is 11.6 Å². The Morgan fingerprint density at radius 3 is 2.56 bits per heavy atom. The highest BCUT2D eigenvalue weighted by Gasteiger charge is 2.29. The molecular weight excluding hydrogens is 430 g/mol. The number of benzene rings is 2. The zero-order valence-corrected chi connectivity index (χ0v) is 18.1. The molecule has 2 aliphatic heterocycles. The number of nitro groups is 1. The van der Waals surface area contributed by atoms with Crippen molar-refractivity contribution in [2.45, 2.75) is 25.8 Å². The monoisotopic (exact) mass is 451 g/mol. The summed E-state index contributed by atoms with van der Waals surface area (Å²) in [6, 6.07) is 12.3. The first kappa shape index (κ1) is 20.5. The van der Waals surface area contributed by atoms with Gasteiger partial charge in [-0.25, -0.2) is 0 Å². The van der Waals surface area contributed by atoms with E-state index in [9.17, 15) is 14.9 Å². The van der Waals surface area contributed by atoms with E-state index in [0.717, 1.165) is 48.4 Å². The Labute approximate surface area is 189 Å². The number of H-pyrrole nitrogens is 1. The molecule has 164 valence electrons.